The number of rotatable bonds is 9. The second kappa shape index (κ2) is 9.32. The van der Waals surface area contributed by atoms with E-state index in [0.29, 0.717) is 13.1 Å². The Balaban J connectivity index is 1.87. The predicted octanol–water partition coefficient (Wildman–Crippen LogP) is 3.32. The third-order valence-electron chi connectivity index (χ3n) is 3.02. The van der Waals surface area contributed by atoms with Crippen LogP contribution >= 0.6 is 23.1 Å². The van der Waals surface area contributed by atoms with Crippen molar-refractivity contribution in [3.05, 3.63) is 48.6 Å². The molecule has 2 rings (SSSR count). The highest BCUT2D eigenvalue weighted by atomic mass is 32.2. The van der Waals surface area contributed by atoms with Crippen molar-refractivity contribution in [2.24, 2.45) is 0 Å². The maximum absolute atomic E-state index is 12.3. The molecule has 0 aliphatic carbocycles. The molecule has 23 heavy (non-hydrogen) atoms. The molecule has 122 valence electrons. The van der Waals surface area contributed by atoms with Crippen LogP contribution < -0.4 is 10.6 Å². The summed E-state index contributed by atoms with van der Waals surface area (Å²) >= 11 is 2.90. The first kappa shape index (κ1) is 17.5. The molecule has 1 amide bonds. The van der Waals surface area contributed by atoms with E-state index in [0.717, 1.165) is 21.5 Å². The summed E-state index contributed by atoms with van der Waals surface area (Å²) < 4.78 is 0.790. The third-order valence-corrected chi connectivity index (χ3v) is 5.35. The number of nitrogens with zero attached hydrogens (tertiary/aromatic N) is 2. The van der Waals surface area contributed by atoms with Crippen LogP contribution in [0.3, 0.4) is 0 Å². The smallest absolute Gasteiger partial charge is 0.233 e. The fraction of sp³-hybridized carbons (Fsp3) is 0.312. The molecule has 0 aliphatic heterocycles. The Labute approximate surface area is 144 Å². The van der Waals surface area contributed by atoms with Gasteiger partial charge in [0, 0.05) is 13.1 Å². The Morgan fingerprint density at radius 3 is 2.87 bits per heavy atom. The van der Waals surface area contributed by atoms with E-state index in [2.05, 4.69) is 27.4 Å². The highest BCUT2D eigenvalue weighted by Gasteiger charge is 2.19. The Hall–Kier alpha value is -1.86. The van der Waals surface area contributed by atoms with Crippen molar-refractivity contribution in [2.75, 3.05) is 11.9 Å². The molecule has 2 N–H and O–H groups in total. The fourth-order valence-corrected chi connectivity index (χ4v) is 3.78. The maximum atomic E-state index is 12.3. The van der Waals surface area contributed by atoms with Gasteiger partial charge in [0.1, 0.15) is 0 Å². The van der Waals surface area contributed by atoms with Gasteiger partial charge in [0.25, 0.3) is 0 Å². The van der Waals surface area contributed by atoms with Crippen LogP contribution in [0.15, 0.2) is 47.3 Å². The van der Waals surface area contributed by atoms with Crippen LogP contribution in [0.1, 0.15) is 18.9 Å². The fourth-order valence-electron chi connectivity index (χ4n) is 1.83. The predicted molar refractivity (Wildman–Crippen MR) is 96.8 cm³/mol. The normalized spacial score (nSPS) is 11.7. The van der Waals surface area contributed by atoms with Gasteiger partial charge in [0.15, 0.2) is 4.34 Å². The number of hydrogen-bond donors (Lipinski definition) is 2. The largest absolute Gasteiger partial charge is 0.357 e. The molecule has 1 aromatic heterocycles. The number of amides is 1. The van der Waals surface area contributed by atoms with Gasteiger partial charge >= 0.3 is 0 Å². The standard InChI is InChI=1S/C16H20N4OS2/c1-3-10-17-15-19-20-16(23-15)22-13(4-2)14(21)18-11-12-8-6-5-7-9-12/h3,5-9,13H,1,4,10-11H2,2H3,(H,17,19)(H,18,21). The lowest BCUT2D eigenvalue weighted by molar-refractivity contribution is -0.120. The van der Waals surface area contributed by atoms with E-state index in [-0.39, 0.29) is 11.2 Å². The average molecular weight is 348 g/mol. The first-order chi connectivity index (χ1) is 11.2. The highest BCUT2D eigenvalue weighted by Crippen LogP contribution is 2.30. The number of carbonyl (C=O) groups excluding carboxylic acids is 1. The Kier molecular flexibility index (Phi) is 7.09. The Morgan fingerprint density at radius 1 is 1.39 bits per heavy atom. The van der Waals surface area contributed by atoms with Gasteiger partial charge in [0.05, 0.1) is 5.25 Å². The van der Waals surface area contributed by atoms with Gasteiger partial charge in [-0.3, -0.25) is 4.79 Å². The molecule has 1 aromatic carbocycles. The number of benzene rings is 1. The van der Waals surface area contributed by atoms with Gasteiger partial charge in [-0.05, 0) is 12.0 Å². The van der Waals surface area contributed by atoms with Crippen molar-refractivity contribution in [2.45, 2.75) is 29.5 Å². The van der Waals surface area contributed by atoms with Crippen LogP contribution in [0.5, 0.6) is 0 Å². The van der Waals surface area contributed by atoms with Crippen molar-refractivity contribution in [3.8, 4) is 0 Å². The van der Waals surface area contributed by atoms with E-state index in [1.807, 2.05) is 37.3 Å². The van der Waals surface area contributed by atoms with Crippen LogP contribution in [0, 0.1) is 0 Å². The zero-order valence-electron chi connectivity index (χ0n) is 13.0. The monoisotopic (exact) mass is 348 g/mol. The van der Waals surface area contributed by atoms with E-state index >= 15 is 0 Å². The Bertz CT molecular complexity index is 630. The molecule has 0 aliphatic rings. The lowest BCUT2D eigenvalue weighted by atomic mass is 10.2. The number of hydrogen-bond acceptors (Lipinski definition) is 6. The van der Waals surface area contributed by atoms with E-state index in [4.69, 9.17) is 0 Å². The van der Waals surface area contributed by atoms with Crippen LogP contribution in [0.2, 0.25) is 0 Å². The second-order valence-electron chi connectivity index (χ2n) is 4.76. The lowest BCUT2D eigenvalue weighted by Crippen LogP contribution is -2.31. The molecule has 0 bridgehead atoms. The van der Waals surface area contributed by atoms with E-state index in [9.17, 15) is 4.79 Å². The molecule has 0 radical (unpaired) electrons. The van der Waals surface area contributed by atoms with Crippen molar-refractivity contribution >= 4 is 34.1 Å². The Morgan fingerprint density at radius 2 is 2.17 bits per heavy atom. The third kappa shape index (κ3) is 5.69. The summed E-state index contributed by atoms with van der Waals surface area (Å²) in [5.74, 6) is 0.0251. The van der Waals surface area contributed by atoms with Crippen molar-refractivity contribution < 1.29 is 4.79 Å². The molecule has 0 saturated carbocycles. The quantitative estimate of drug-likeness (QED) is 0.537. The van der Waals surface area contributed by atoms with Gasteiger partial charge in [0.2, 0.25) is 11.0 Å². The van der Waals surface area contributed by atoms with E-state index < -0.39 is 0 Å². The molecular formula is C16H20N4OS2. The van der Waals surface area contributed by atoms with Gasteiger partial charge in [-0.15, -0.1) is 16.8 Å². The number of nitrogens with one attached hydrogen (secondary N) is 2. The average Bonchev–Trinajstić information content (AvgIpc) is 3.04. The second-order valence-corrected chi connectivity index (χ2v) is 7.19. The first-order valence-electron chi connectivity index (χ1n) is 7.39. The topological polar surface area (TPSA) is 66.9 Å². The molecule has 0 spiro atoms. The summed E-state index contributed by atoms with van der Waals surface area (Å²) in [6.07, 6.45) is 2.50. The summed E-state index contributed by atoms with van der Waals surface area (Å²) in [6.45, 7) is 6.83. The van der Waals surface area contributed by atoms with Crippen LogP contribution in [-0.2, 0) is 11.3 Å². The summed E-state index contributed by atoms with van der Waals surface area (Å²) in [7, 11) is 0. The summed E-state index contributed by atoms with van der Waals surface area (Å²) in [6, 6.07) is 9.88. The number of thioether (sulfide) groups is 1. The summed E-state index contributed by atoms with van der Waals surface area (Å²) in [5.41, 5.74) is 1.09. The highest BCUT2D eigenvalue weighted by molar-refractivity contribution is 8.02. The van der Waals surface area contributed by atoms with Gasteiger partial charge < -0.3 is 10.6 Å². The van der Waals surface area contributed by atoms with Crippen molar-refractivity contribution in [1.29, 1.82) is 0 Å². The molecule has 2 aromatic rings. The zero-order chi connectivity index (χ0) is 16.5. The summed E-state index contributed by atoms with van der Waals surface area (Å²) in [4.78, 5) is 12.3. The number of carbonyl (C=O) groups is 1. The van der Waals surface area contributed by atoms with E-state index in [1.165, 1.54) is 23.1 Å². The van der Waals surface area contributed by atoms with Crippen molar-refractivity contribution in [3.63, 3.8) is 0 Å². The lowest BCUT2D eigenvalue weighted by Gasteiger charge is -2.13. The first-order valence-corrected chi connectivity index (χ1v) is 9.09. The molecule has 1 atom stereocenters. The summed E-state index contributed by atoms with van der Waals surface area (Å²) in [5, 5.41) is 14.8. The SMILES string of the molecule is C=CCNc1nnc(SC(CC)C(=O)NCc2ccccc2)s1. The van der Waals surface area contributed by atoms with Crippen LogP contribution in [0.25, 0.3) is 0 Å². The minimum Gasteiger partial charge on any atom is -0.357 e. The molecule has 7 heteroatoms. The van der Waals surface area contributed by atoms with Gasteiger partial charge in [-0.25, -0.2) is 0 Å². The van der Waals surface area contributed by atoms with Crippen LogP contribution in [-0.4, -0.2) is 27.9 Å². The maximum Gasteiger partial charge on any atom is 0.233 e. The number of aromatic nitrogens is 2. The molecule has 0 fully saturated rings. The van der Waals surface area contributed by atoms with Crippen molar-refractivity contribution in [1.82, 2.24) is 15.5 Å². The molecular weight excluding hydrogens is 328 g/mol. The molecule has 1 unspecified atom stereocenters. The van der Waals surface area contributed by atoms with Crippen LogP contribution in [0.4, 0.5) is 5.13 Å². The van der Waals surface area contributed by atoms with Gasteiger partial charge in [-0.2, -0.15) is 0 Å². The molecule has 1 heterocycles. The van der Waals surface area contributed by atoms with E-state index in [1.54, 1.807) is 6.08 Å². The molecule has 5 nitrogen and oxygen atoms in total. The zero-order valence-corrected chi connectivity index (χ0v) is 14.6. The molecule has 0 saturated heterocycles. The minimum absolute atomic E-state index is 0.0251. The van der Waals surface area contributed by atoms with Gasteiger partial charge in [-0.1, -0.05) is 66.4 Å². The minimum atomic E-state index is -0.168. The number of anilines is 1.